The van der Waals surface area contributed by atoms with Gasteiger partial charge in [0.1, 0.15) is 17.5 Å². The number of aromatic nitrogens is 3. The number of nitrogens with zero attached hydrogens (tertiary/aromatic N) is 4. The Bertz CT molecular complexity index is 830. The van der Waals surface area contributed by atoms with Gasteiger partial charge in [0.05, 0.1) is 17.9 Å². The van der Waals surface area contributed by atoms with Crippen LogP contribution in [0.25, 0.3) is 5.65 Å². The third-order valence-corrected chi connectivity index (χ3v) is 3.73. The van der Waals surface area contributed by atoms with Crippen LogP contribution >= 0.6 is 0 Å². The van der Waals surface area contributed by atoms with Gasteiger partial charge in [0.15, 0.2) is 5.65 Å². The van der Waals surface area contributed by atoms with Gasteiger partial charge >= 0.3 is 0 Å². The second kappa shape index (κ2) is 5.25. The summed E-state index contributed by atoms with van der Waals surface area (Å²) in [5.41, 5.74) is 7.05. The van der Waals surface area contributed by atoms with Gasteiger partial charge in [-0.3, -0.25) is 0 Å². The first kappa shape index (κ1) is 14.2. The van der Waals surface area contributed by atoms with E-state index in [-0.39, 0.29) is 5.56 Å². The molecule has 1 atom stereocenters. The molecule has 2 aromatic heterocycles. The Hall–Kier alpha value is -2.70. The zero-order valence-electron chi connectivity index (χ0n) is 12.2. The molecule has 7 heteroatoms. The van der Waals surface area contributed by atoms with Gasteiger partial charge in [-0.25, -0.2) is 18.3 Å². The van der Waals surface area contributed by atoms with Crippen LogP contribution in [0.1, 0.15) is 18.5 Å². The van der Waals surface area contributed by atoms with Crippen molar-refractivity contribution < 1.29 is 8.78 Å². The maximum atomic E-state index is 13.9. The van der Waals surface area contributed by atoms with Crippen LogP contribution in [0.4, 0.5) is 20.3 Å². The minimum absolute atomic E-state index is 0.269. The number of rotatable bonds is 3. The molecule has 2 N–H and O–H groups in total. The Labute approximate surface area is 126 Å². The number of benzene rings is 1. The molecule has 0 fully saturated rings. The summed E-state index contributed by atoms with van der Waals surface area (Å²) in [5, 5.41) is 4.05. The molecule has 0 bridgehead atoms. The molecule has 1 aromatic carbocycles. The first-order valence-corrected chi connectivity index (χ1v) is 6.75. The van der Waals surface area contributed by atoms with Crippen LogP contribution in [0.2, 0.25) is 0 Å². The lowest BCUT2D eigenvalue weighted by Gasteiger charge is -2.26. The summed E-state index contributed by atoms with van der Waals surface area (Å²) in [6.45, 7) is 1.78. The van der Waals surface area contributed by atoms with Crippen LogP contribution in [0.3, 0.4) is 0 Å². The highest BCUT2D eigenvalue weighted by atomic mass is 19.1. The largest absolute Gasteiger partial charge is 0.394 e. The van der Waals surface area contributed by atoms with E-state index in [1.807, 2.05) is 0 Å². The second-order valence-electron chi connectivity index (χ2n) is 5.11. The number of nitrogens with two attached hydrogens (primary N) is 1. The molecule has 0 aliphatic rings. The lowest BCUT2D eigenvalue weighted by Crippen LogP contribution is -2.24. The number of halogens is 2. The SMILES string of the molecule is C[C@H](c1cc(F)ccc1F)N(C)c1ccn2ncc(N)c2n1. The fourth-order valence-electron chi connectivity index (χ4n) is 2.32. The molecular formula is C15H15F2N5. The molecular weight excluding hydrogens is 288 g/mol. The Kier molecular flexibility index (Phi) is 3.40. The van der Waals surface area contributed by atoms with Gasteiger partial charge in [0.2, 0.25) is 0 Å². The zero-order valence-corrected chi connectivity index (χ0v) is 12.2. The van der Waals surface area contributed by atoms with E-state index in [1.54, 1.807) is 35.6 Å². The lowest BCUT2D eigenvalue weighted by atomic mass is 10.1. The monoisotopic (exact) mass is 303 g/mol. The highest BCUT2D eigenvalue weighted by Crippen LogP contribution is 2.27. The van der Waals surface area contributed by atoms with Gasteiger partial charge in [-0.2, -0.15) is 5.10 Å². The van der Waals surface area contributed by atoms with Gasteiger partial charge in [-0.15, -0.1) is 0 Å². The van der Waals surface area contributed by atoms with Crippen molar-refractivity contribution in [3.8, 4) is 0 Å². The van der Waals surface area contributed by atoms with Crippen molar-refractivity contribution in [2.45, 2.75) is 13.0 Å². The number of nitrogen functional groups attached to an aromatic ring is 1. The molecule has 0 aliphatic heterocycles. The van der Waals surface area contributed by atoms with E-state index in [0.29, 0.717) is 17.2 Å². The first-order valence-electron chi connectivity index (χ1n) is 6.75. The maximum absolute atomic E-state index is 13.9. The topological polar surface area (TPSA) is 59.5 Å². The Morgan fingerprint density at radius 1 is 1.27 bits per heavy atom. The van der Waals surface area contributed by atoms with Crippen molar-refractivity contribution >= 4 is 17.2 Å². The standard InChI is InChI=1S/C15H15F2N5/c1-9(11-7-10(16)3-4-12(11)17)21(2)14-5-6-22-15(20-14)13(18)8-19-22/h3-9H,18H2,1-2H3/t9-/m1/s1. The van der Waals surface area contributed by atoms with Crippen molar-refractivity contribution in [3.63, 3.8) is 0 Å². The van der Waals surface area contributed by atoms with Crippen LogP contribution in [0.5, 0.6) is 0 Å². The summed E-state index contributed by atoms with van der Waals surface area (Å²) in [6.07, 6.45) is 3.24. The lowest BCUT2D eigenvalue weighted by molar-refractivity contribution is 0.564. The Balaban J connectivity index is 1.98. The van der Waals surface area contributed by atoms with Crippen LogP contribution in [-0.2, 0) is 0 Å². The number of anilines is 2. The first-order chi connectivity index (χ1) is 10.5. The second-order valence-corrected chi connectivity index (χ2v) is 5.11. The van der Waals surface area contributed by atoms with Crippen LogP contribution in [0, 0.1) is 11.6 Å². The molecule has 0 amide bonds. The molecule has 0 unspecified atom stereocenters. The smallest absolute Gasteiger partial charge is 0.180 e. The normalized spacial score (nSPS) is 12.5. The molecule has 2 heterocycles. The van der Waals surface area contributed by atoms with Gasteiger partial charge in [-0.05, 0) is 31.2 Å². The summed E-state index contributed by atoms with van der Waals surface area (Å²) >= 11 is 0. The fraction of sp³-hybridized carbons (Fsp3) is 0.200. The summed E-state index contributed by atoms with van der Waals surface area (Å²) in [6, 6.07) is 4.77. The predicted octanol–water partition coefficient (Wildman–Crippen LogP) is 2.79. The molecule has 0 aliphatic carbocycles. The van der Waals surface area contributed by atoms with E-state index in [0.717, 1.165) is 12.1 Å². The summed E-state index contributed by atoms with van der Waals surface area (Å²) in [4.78, 5) is 6.17. The fourth-order valence-corrected chi connectivity index (χ4v) is 2.32. The molecule has 22 heavy (non-hydrogen) atoms. The minimum Gasteiger partial charge on any atom is -0.394 e. The van der Waals surface area contributed by atoms with Gasteiger partial charge in [0.25, 0.3) is 0 Å². The van der Waals surface area contributed by atoms with Crippen molar-refractivity contribution in [2.75, 3.05) is 17.7 Å². The molecule has 3 aromatic rings. The number of hydrogen-bond donors (Lipinski definition) is 1. The van der Waals surface area contributed by atoms with Gasteiger partial charge in [-0.1, -0.05) is 0 Å². The number of hydrogen-bond acceptors (Lipinski definition) is 4. The molecule has 114 valence electrons. The third-order valence-electron chi connectivity index (χ3n) is 3.73. The van der Waals surface area contributed by atoms with Crippen LogP contribution in [-0.4, -0.2) is 21.6 Å². The van der Waals surface area contributed by atoms with E-state index < -0.39 is 17.7 Å². The van der Waals surface area contributed by atoms with E-state index in [2.05, 4.69) is 10.1 Å². The van der Waals surface area contributed by atoms with Gasteiger partial charge in [0, 0.05) is 18.8 Å². The van der Waals surface area contributed by atoms with E-state index in [9.17, 15) is 8.78 Å². The molecule has 0 saturated heterocycles. The summed E-state index contributed by atoms with van der Waals surface area (Å²) in [7, 11) is 1.76. The average Bonchev–Trinajstić information content (AvgIpc) is 2.89. The van der Waals surface area contributed by atoms with Crippen molar-refractivity contribution in [1.82, 2.24) is 14.6 Å². The quantitative estimate of drug-likeness (QED) is 0.808. The Morgan fingerprint density at radius 3 is 2.82 bits per heavy atom. The van der Waals surface area contributed by atoms with Crippen molar-refractivity contribution in [2.24, 2.45) is 0 Å². The third kappa shape index (κ3) is 2.34. The number of fused-ring (bicyclic) bond motifs is 1. The van der Waals surface area contributed by atoms with E-state index >= 15 is 0 Å². The van der Waals surface area contributed by atoms with Gasteiger partial charge < -0.3 is 10.6 Å². The van der Waals surface area contributed by atoms with Crippen LogP contribution < -0.4 is 10.6 Å². The molecule has 5 nitrogen and oxygen atoms in total. The zero-order chi connectivity index (χ0) is 15.9. The molecule has 0 radical (unpaired) electrons. The summed E-state index contributed by atoms with van der Waals surface area (Å²) < 4.78 is 28.8. The average molecular weight is 303 g/mol. The van der Waals surface area contributed by atoms with Crippen molar-refractivity contribution in [3.05, 3.63) is 53.9 Å². The highest BCUT2D eigenvalue weighted by Gasteiger charge is 2.18. The van der Waals surface area contributed by atoms with Crippen molar-refractivity contribution in [1.29, 1.82) is 0 Å². The highest BCUT2D eigenvalue weighted by molar-refractivity contribution is 5.65. The molecule has 0 spiro atoms. The van der Waals surface area contributed by atoms with E-state index in [4.69, 9.17) is 5.73 Å². The molecule has 3 rings (SSSR count). The minimum atomic E-state index is -0.472. The van der Waals surface area contributed by atoms with E-state index in [1.165, 1.54) is 12.3 Å². The maximum Gasteiger partial charge on any atom is 0.180 e. The predicted molar refractivity (Wildman–Crippen MR) is 80.6 cm³/mol. The Morgan fingerprint density at radius 2 is 2.05 bits per heavy atom. The van der Waals surface area contributed by atoms with Crippen LogP contribution in [0.15, 0.2) is 36.7 Å². The molecule has 0 saturated carbocycles. The summed E-state index contributed by atoms with van der Waals surface area (Å²) in [5.74, 6) is -0.332.